The molecular weight excluding hydrogens is 316 g/mol. The molecule has 2 aliphatic rings. The van der Waals surface area contributed by atoms with Crippen LogP contribution in [-0.2, 0) is 0 Å². The van der Waals surface area contributed by atoms with Crippen LogP contribution < -0.4 is 14.5 Å². The Morgan fingerprint density at radius 3 is 2.60 bits per heavy atom. The molecule has 2 aromatic rings. The first-order chi connectivity index (χ1) is 12.2. The topological polar surface area (TPSA) is 61.7 Å². The van der Waals surface area contributed by atoms with Crippen molar-refractivity contribution in [1.29, 1.82) is 0 Å². The van der Waals surface area contributed by atoms with Crippen molar-refractivity contribution in [3.63, 3.8) is 0 Å². The molecule has 0 aliphatic carbocycles. The zero-order valence-electron chi connectivity index (χ0n) is 14.5. The van der Waals surface area contributed by atoms with Gasteiger partial charge >= 0.3 is 0 Å². The van der Waals surface area contributed by atoms with E-state index in [4.69, 9.17) is 9.72 Å². The van der Waals surface area contributed by atoms with E-state index in [-0.39, 0.29) is 12.2 Å². The van der Waals surface area contributed by atoms with Crippen LogP contribution >= 0.6 is 0 Å². The molecule has 2 fully saturated rings. The molecule has 132 valence electrons. The van der Waals surface area contributed by atoms with E-state index >= 15 is 0 Å². The smallest absolute Gasteiger partial charge is 0.227 e. The molecule has 2 saturated heterocycles. The summed E-state index contributed by atoms with van der Waals surface area (Å²) in [6.45, 7) is 5.36. The number of para-hydroxylation sites is 1. The van der Waals surface area contributed by atoms with E-state index in [1.54, 1.807) is 0 Å². The summed E-state index contributed by atoms with van der Waals surface area (Å²) in [7, 11) is 0. The average molecular weight is 340 g/mol. The molecule has 1 aromatic carbocycles. The Hall–Kier alpha value is -2.34. The van der Waals surface area contributed by atoms with Crippen molar-refractivity contribution in [1.82, 2.24) is 9.97 Å². The van der Waals surface area contributed by atoms with Gasteiger partial charge in [-0.3, -0.25) is 0 Å². The second kappa shape index (κ2) is 6.88. The Balaban J connectivity index is 1.36. The minimum atomic E-state index is -0.174. The summed E-state index contributed by atoms with van der Waals surface area (Å²) in [5, 5.41) is 9.65. The maximum atomic E-state index is 9.65. The lowest BCUT2D eigenvalue weighted by Crippen LogP contribution is -2.54. The van der Waals surface area contributed by atoms with Crippen molar-refractivity contribution in [2.75, 3.05) is 36.0 Å². The van der Waals surface area contributed by atoms with Crippen LogP contribution in [0.25, 0.3) is 0 Å². The standard InChI is InChI=1S/C19H24N4O2/c1-14-4-2-3-5-17(14)25-16-12-23(13-16)19-20-9-6-18(21-19)22-10-7-15(24)8-11-22/h2-6,9,15-16,24H,7-8,10-13H2,1H3. The zero-order chi connectivity index (χ0) is 17.2. The van der Waals surface area contributed by atoms with E-state index < -0.39 is 0 Å². The number of anilines is 2. The Bertz CT molecular complexity index is 725. The van der Waals surface area contributed by atoms with Gasteiger partial charge in [0, 0.05) is 19.3 Å². The summed E-state index contributed by atoms with van der Waals surface area (Å²) in [6.07, 6.45) is 3.43. The molecule has 0 bridgehead atoms. The van der Waals surface area contributed by atoms with Crippen LogP contribution in [0.1, 0.15) is 18.4 Å². The Kier molecular flexibility index (Phi) is 4.44. The highest BCUT2D eigenvalue weighted by molar-refractivity contribution is 5.46. The molecule has 0 spiro atoms. The van der Waals surface area contributed by atoms with Gasteiger partial charge in [0.2, 0.25) is 5.95 Å². The molecule has 0 saturated carbocycles. The van der Waals surface area contributed by atoms with Crippen LogP contribution in [0.5, 0.6) is 5.75 Å². The lowest BCUT2D eigenvalue weighted by molar-refractivity contribution is 0.145. The predicted octanol–water partition coefficient (Wildman–Crippen LogP) is 2.01. The van der Waals surface area contributed by atoms with Gasteiger partial charge in [-0.15, -0.1) is 0 Å². The largest absolute Gasteiger partial charge is 0.486 e. The Labute approximate surface area is 148 Å². The molecule has 6 heteroatoms. The van der Waals surface area contributed by atoms with Gasteiger partial charge in [0.25, 0.3) is 0 Å². The number of ether oxygens (including phenoxy) is 1. The summed E-state index contributed by atoms with van der Waals surface area (Å²) in [5.74, 6) is 2.65. The second-order valence-electron chi connectivity index (χ2n) is 6.84. The number of benzene rings is 1. The molecule has 0 amide bonds. The van der Waals surface area contributed by atoms with E-state index in [1.807, 2.05) is 30.5 Å². The summed E-state index contributed by atoms with van der Waals surface area (Å²) in [5.41, 5.74) is 1.16. The molecule has 3 heterocycles. The zero-order valence-corrected chi connectivity index (χ0v) is 14.5. The fourth-order valence-electron chi connectivity index (χ4n) is 3.31. The highest BCUT2D eigenvalue weighted by Crippen LogP contribution is 2.25. The molecule has 0 radical (unpaired) electrons. The molecule has 1 aromatic heterocycles. The van der Waals surface area contributed by atoms with E-state index in [0.717, 1.165) is 62.1 Å². The van der Waals surface area contributed by atoms with Crippen LogP contribution in [-0.4, -0.2) is 53.5 Å². The number of aliphatic hydroxyl groups is 1. The first kappa shape index (κ1) is 16.1. The maximum Gasteiger partial charge on any atom is 0.227 e. The van der Waals surface area contributed by atoms with Gasteiger partial charge in [0.05, 0.1) is 19.2 Å². The van der Waals surface area contributed by atoms with E-state index in [1.165, 1.54) is 0 Å². The summed E-state index contributed by atoms with van der Waals surface area (Å²) < 4.78 is 6.06. The number of aliphatic hydroxyl groups excluding tert-OH is 1. The van der Waals surface area contributed by atoms with Crippen LogP contribution in [0.15, 0.2) is 36.5 Å². The van der Waals surface area contributed by atoms with Crippen molar-refractivity contribution >= 4 is 11.8 Å². The molecular formula is C19H24N4O2. The summed E-state index contributed by atoms with van der Waals surface area (Å²) in [6, 6.07) is 10.0. The third-order valence-electron chi connectivity index (χ3n) is 4.93. The highest BCUT2D eigenvalue weighted by Gasteiger charge is 2.31. The Morgan fingerprint density at radius 1 is 1.08 bits per heavy atom. The van der Waals surface area contributed by atoms with E-state index in [9.17, 15) is 5.11 Å². The number of aromatic nitrogens is 2. The number of piperidine rings is 1. The third-order valence-corrected chi connectivity index (χ3v) is 4.93. The lowest BCUT2D eigenvalue weighted by Gasteiger charge is -2.39. The molecule has 4 rings (SSSR count). The summed E-state index contributed by atoms with van der Waals surface area (Å²) >= 11 is 0. The predicted molar refractivity (Wildman–Crippen MR) is 97.3 cm³/mol. The monoisotopic (exact) mass is 340 g/mol. The average Bonchev–Trinajstić information content (AvgIpc) is 2.60. The van der Waals surface area contributed by atoms with Crippen molar-refractivity contribution in [2.24, 2.45) is 0 Å². The molecule has 0 unspecified atom stereocenters. The second-order valence-corrected chi connectivity index (χ2v) is 6.84. The van der Waals surface area contributed by atoms with E-state index in [2.05, 4.69) is 27.8 Å². The normalized spacial score (nSPS) is 19.0. The molecule has 6 nitrogen and oxygen atoms in total. The molecule has 2 aliphatic heterocycles. The van der Waals surface area contributed by atoms with Gasteiger partial charge in [-0.25, -0.2) is 4.98 Å². The SMILES string of the molecule is Cc1ccccc1OC1CN(c2nccc(N3CCC(O)CC3)n2)C1. The van der Waals surface area contributed by atoms with Crippen LogP contribution in [0.3, 0.4) is 0 Å². The fourth-order valence-corrected chi connectivity index (χ4v) is 3.31. The van der Waals surface area contributed by atoms with Gasteiger partial charge in [-0.1, -0.05) is 18.2 Å². The first-order valence-electron chi connectivity index (χ1n) is 8.92. The van der Waals surface area contributed by atoms with Crippen LogP contribution in [0, 0.1) is 6.92 Å². The van der Waals surface area contributed by atoms with Gasteiger partial charge in [0.1, 0.15) is 17.7 Å². The minimum absolute atomic E-state index is 0.174. The first-order valence-corrected chi connectivity index (χ1v) is 8.92. The third kappa shape index (κ3) is 3.54. The number of hydrogen-bond donors (Lipinski definition) is 1. The molecule has 25 heavy (non-hydrogen) atoms. The summed E-state index contributed by atoms with van der Waals surface area (Å²) in [4.78, 5) is 13.5. The lowest BCUT2D eigenvalue weighted by atomic mass is 10.1. The van der Waals surface area contributed by atoms with Crippen LogP contribution in [0.2, 0.25) is 0 Å². The Morgan fingerprint density at radius 2 is 1.84 bits per heavy atom. The van der Waals surface area contributed by atoms with Crippen molar-refractivity contribution < 1.29 is 9.84 Å². The van der Waals surface area contributed by atoms with E-state index in [0.29, 0.717) is 0 Å². The van der Waals surface area contributed by atoms with Gasteiger partial charge in [-0.2, -0.15) is 4.98 Å². The quantitative estimate of drug-likeness (QED) is 0.919. The molecule has 1 N–H and O–H groups in total. The fraction of sp³-hybridized carbons (Fsp3) is 0.474. The molecule has 0 atom stereocenters. The maximum absolute atomic E-state index is 9.65. The van der Waals surface area contributed by atoms with Crippen molar-refractivity contribution in [3.8, 4) is 5.75 Å². The van der Waals surface area contributed by atoms with Gasteiger partial charge in [-0.05, 0) is 37.5 Å². The van der Waals surface area contributed by atoms with Crippen LogP contribution in [0.4, 0.5) is 11.8 Å². The number of nitrogens with zero attached hydrogens (tertiary/aromatic N) is 4. The van der Waals surface area contributed by atoms with Gasteiger partial charge < -0.3 is 19.6 Å². The van der Waals surface area contributed by atoms with Crippen molar-refractivity contribution in [2.45, 2.75) is 32.0 Å². The highest BCUT2D eigenvalue weighted by atomic mass is 16.5. The van der Waals surface area contributed by atoms with Gasteiger partial charge in [0.15, 0.2) is 0 Å². The van der Waals surface area contributed by atoms with Crippen molar-refractivity contribution in [3.05, 3.63) is 42.1 Å². The number of rotatable bonds is 4. The minimum Gasteiger partial charge on any atom is -0.486 e. The number of hydrogen-bond acceptors (Lipinski definition) is 6. The number of aryl methyl sites for hydroxylation is 1.